The summed E-state index contributed by atoms with van der Waals surface area (Å²) in [5.74, 6) is 0.600. The summed E-state index contributed by atoms with van der Waals surface area (Å²) in [6, 6.07) is 5.17. The monoisotopic (exact) mass is 238 g/mol. The van der Waals surface area contributed by atoms with Crippen LogP contribution in [0.15, 0.2) is 12.1 Å². The van der Waals surface area contributed by atoms with E-state index in [1.165, 1.54) is 0 Å². The van der Waals surface area contributed by atoms with Crippen LogP contribution in [0.4, 0.5) is 0 Å². The van der Waals surface area contributed by atoms with Crippen molar-refractivity contribution in [3.63, 3.8) is 0 Å². The number of nitrogens with zero attached hydrogens (tertiary/aromatic N) is 2. The van der Waals surface area contributed by atoms with Crippen molar-refractivity contribution in [3.8, 4) is 11.8 Å². The van der Waals surface area contributed by atoms with E-state index < -0.39 is 0 Å². The molecule has 2 heterocycles. The van der Waals surface area contributed by atoms with Crippen LogP contribution in [-0.2, 0) is 4.74 Å². The molecule has 1 aliphatic rings. The number of aromatic nitrogens is 1. The van der Waals surface area contributed by atoms with Gasteiger partial charge >= 0.3 is 0 Å². The lowest BCUT2D eigenvalue weighted by molar-refractivity contribution is 0.0255. The Hall–Kier alpha value is -1.31. The minimum Gasteiger partial charge on any atom is -0.490 e. The molecule has 0 spiro atoms. The first-order chi connectivity index (χ1) is 7.78. The molecular formula is C11H11ClN2O2. The van der Waals surface area contributed by atoms with Crippen molar-refractivity contribution in [1.82, 2.24) is 4.98 Å². The Morgan fingerprint density at radius 3 is 2.88 bits per heavy atom. The molecule has 84 valence electrons. The van der Waals surface area contributed by atoms with Gasteiger partial charge in [-0.1, -0.05) is 11.6 Å². The van der Waals surface area contributed by atoms with Crippen molar-refractivity contribution >= 4 is 11.6 Å². The van der Waals surface area contributed by atoms with Gasteiger partial charge in [-0.05, 0) is 0 Å². The molecule has 0 atom stereocenters. The molecule has 0 radical (unpaired) electrons. The number of pyridine rings is 1. The van der Waals surface area contributed by atoms with Crippen molar-refractivity contribution < 1.29 is 9.47 Å². The number of nitriles is 1. The largest absolute Gasteiger partial charge is 0.490 e. The highest BCUT2D eigenvalue weighted by Gasteiger charge is 2.15. The number of halogens is 1. The summed E-state index contributed by atoms with van der Waals surface area (Å²) < 4.78 is 11.0. The number of rotatable bonds is 2. The molecule has 1 aromatic rings. The smallest absolute Gasteiger partial charge is 0.145 e. The Labute approximate surface area is 98.8 Å². The molecule has 0 N–H and O–H groups in total. The van der Waals surface area contributed by atoms with Crippen molar-refractivity contribution in [2.24, 2.45) is 0 Å². The van der Waals surface area contributed by atoms with Gasteiger partial charge in [0.15, 0.2) is 0 Å². The van der Waals surface area contributed by atoms with Gasteiger partial charge in [0.1, 0.15) is 28.8 Å². The fourth-order valence-corrected chi connectivity index (χ4v) is 1.78. The summed E-state index contributed by atoms with van der Waals surface area (Å²) in [6.07, 6.45) is 1.86. The molecule has 0 aromatic carbocycles. The Morgan fingerprint density at radius 2 is 2.19 bits per heavy atom. The molecule has 0 saturated carbocycles. The molecule has 16 heavy (non-hydrogen) atoms. The summed E-state index contributed by atoms with van der Waals surface area (Å²) in [7, 11) is 0. The lowest BCUT2D eigenvalue weighted by Gasteiger charge is -2.23. The molecule has 0 bridgehead atoms. The predicted molar refractivity (Wildman–Crippen MR) is 58.4 cm³/mol. The average molecular weight is 239 g/mol. The molecule has 5 heteroatoms. The second kappa shape index (κ2) is 5.15. The molecule has 1 aliphatic heterocycles. The topological polar surface area (TPSA) is 55.1 Å². The van der Waals surface area contributed by atoms with Gasteiger partial charge in [-0.15, -0.1) is 0 Å². The maximum atomic E-state index is 8.75. The Morgan fingerprint density at radius 1 is 1.44 bits per heavy atom. The SMILES string of the molecule is N#Cc1cc(OC2CCOCC2)cc(Cl)n1. The Kier molecular flexibility index (Phi) is 3.60. The molecule has 0 unspecified atom stereocenters. The predicted octanol–water partition coefficient (Wildman–Crippen LogP) is 2.16. The molecule has 2 rings (SSSR count). The minimum atomic E-state index is 0.138. The van der Waals surface area contributed by atoms with Gasteiger partial charge < -0.3 is 9.47 Å². The van der Waals surface area contributed by atoms with E-state index in [-0.39, 0.29) is 17.0 Å². The standard InChI is InChI=1S/C11H11ClN2O2/c12-11-6-10(5-8(7-13)14-11)16-9-1-3-15-4-2-9/h5-6,9H,1-4H2. The molecule has 0 amide bonds. The number of ether oxygens (including phenoxy) is 2. The van der Waals surface area contributed by atoms with Crippen LogP contribution in [0.1, 0.15) is 18.5 Å². The third kappa shape index (κ3) is 2.84. The van der Waals surface area contributed by atoms with Gasteiger partial charge in [0.25, 0.3) is 0 Å². The average Bonchev–Trinajstić information content (AvgIpc) is 2.29. The number of hydrogen-bond acceptors (Lipinski definition) is 4. The first-order valence-electron chi connectivity index (χ1n) is 5.10. The highest BCUT2D eigenvalue weighted by molar-refractivity contribution is 6.29. The second-order valence-electron chi connectivity index (χ2n) is 3.55. The van der Waals surface area contributed by atoms with Gasteiger partial charge in [-0.2, -0.15) is 5.26 Å². The lowest BCUT2D eigenvalue weighted by atomic mass is 10.1. The van der Waals surface area contributed by atoms with Crippen LogP contribution in [-0.4, -0.2) is 24.3 Å². The first-order valence-corrected chi connectivity index (χ1v) is 5.48. The van der Waals surface area contributed by atoms with Crippen LogP contribution in [0.3, 0.4) is 0 Å². The van der Waals surface area contributed by atoms with Gasteiger partial charge in [-0.25, -0.2) is 4.98 Å². The van der Waals surface area contributed by atoms with Crippen LogP contribution in [0.25, 0.3) is 0 Å². The van der Waals surface area contributed by atoms with E-state index in [1.807, 2.05) is 6.07 Å². The van der Waals surface area contributed by atoms with E-state index in [0.717, 1.165) is 12.8 Å². The van der Waals surface area contributed by atoms with Crippen LogP contribution in [0.5, 0.6) is 5.75 Å². The van der Waals surface area contributed by atoms with Gasteiger partial charge in [0.2, 0.25) is 0 Å². The van der Waals surface area contributed by atoms with Gasteiger partial charge in [-0.3, -0.25) is 0 Å². The highest BCUT2D eigenvalue weighted by atomic mass is 35.5. The van der Waals surface area contributed by atoms with E-state index in [4.69, 9.17) is 26.3 Å². The van der Waals surface area contributed by atoms with Gasteiger partial charge in [0.05, 0.1) is 13.2 Å². The second-order valence-corrected chi connectivity index (χ2v) is 3.94. The van der Waals surface area contributed by atoms with Crippen molar-refractivity contribution in [2.75, 3.05) is 13.2 Å². The van der Waals surface area contributed by atoms with Crippen LogP contribution >= 0.6 is 11.6 Å². The minimum absolute atomic E-state index is 0.138. The fourth-order valence-electron chi connectivity index (χ4n) is 1.58. The molecular weight excluding hydrogens is 228 g/mol. The zero-order valence-electron chi connectivity index (χ0n) is 8.65. The molecule has 1 aromatic heterocycles. The zero-order chi connectivity index (χ0) is 11.4. The zero-order valence-corrected chi connectivity index (χ0v) is 9.41. The van der Waals surface area contributed by atoms with E-state index >= 15 is 0 Å². The Bertz CT molecular complexity index is 411. The number of hydrogen-bond donors (Lipinski definition) is 0. The van der Waals surface area contributed by atoms with Crippen molar-refractivity contribution in [1.29, 1.82) is 5.26 Å². The fraction of sp³-hybridized carbons (Fsp3) is 0.455. The van der Waals surface area contributed by atoms with Gasteiger partial charge in [0, 0.05) is 25.0 Å². The van der Waals surface area contributed by atoms with Crippen LogP contribution < -0.4 is 4.74 Å². The summed E-state index contributed by atoms with van der Waals surface area (Å²) in [4.78, 5) is 3.85. The normalized spacial score (nSPS) is 16.8. The van der Waals surface area contributed by atoms with E-state index in [2.05, 4.69) is 4.98 Å². The lowest BCUT2D eigenvalue weighted by Crippen LogP contribution is -2.25. The maximum Gasteiger partial charge on any atom is 0.145 e. The third-order valence-electron chi connectivity index (χ3n) is 2.35. The first kappa shape index (κ1) is 11.2. The van der Waals surface area contributed by atoms with E-state index in [0.29, 0.717) is 19.0 Å². The summed E-state index contributed by atoms with van der Waals surface area (Å²) >= 11 is 5.78. The van der Waals surface area contributed by atoms with Crippen LogP contribution in [0.2, 0.25) is 5.15 Å². The summed E-state index contributed by atoms with van der Waals surface area (Å²) in [5.41, 5.74) is 0.273. The quantitative estimate of drug-likeness (QED) is 0.741. The third-order valence-corrected chi connectivity index (χ3v) is 2.55. The molecule has 1 saturated heterocycles. The maximum absolute atomic E-state index is 8.75. The Balaban J connectivity index is 2.08. The van der Waals surface area contributed by atoms with E-state index in [1.54, 1.807) is 12.1 Å². The highest BCUT2D eigenvalue weighted by Crippen LogP contribution is 2.21. The summed E-state index contributed by atoms with van der Waals surface area (Å²) in [6.45, 7) is 1.43. The van der Waals surface area contributed by atoms with Crippen molar-refractivity contribution in [3.05, 3.63) is 23.0 Å². The molecule has 1 fully saturated rings. The van der Waals surface area contributed by atoms with Crippen LogP contribution in [0, 0.1) is 11.3 Å². The summed E-state index contributed by atoms with van der Waals surface area (Å²) in [5, 5.41) is 9.02. The molecule has 4 nitrogen and oxygen atoms in total. The van der Waals surface area contributed by atoms with Crippen molar-refractivity contribution in [2.45, 2.75) is 18.9 Å². The van der Waals surface area contributed by atoms with E-state index in [9.17, 15) is 0 Å². The molecule has 0 aliphatic carbocycles.